The molecule has 0 saturated heterocycles. The number of nitro groups is 1. The Hall–Kier alpha value is -3.03. The lowest BCUT2D eigenvalue weighted by Crippen LogP contribution is -2.03. The molecular formula is C12H9N5O3. The molecule has 0 aliphatic heterocycles. The molecule has 0 N–H and O–H groups in total. The third-order valence-electron chi connectivity index (χ3n) is 2.72. The fourth-order valence-corrected chi connectivity index (χ4v) is 1.81. The minimum Gasteiger partial charge on any atom is -0.390 e. The number of rotatable bonds is 4. The highest BCUT2D eigenvalue weighted by molar-refractivity contribution is 5.57. The molecule has 0 bridgehead atoms. The number of hydrogen-bond acceptors (Lipinski definition) is 6. The van der Waals surface area contributed by atoms with Crippen LogP contribution >= 0.6 is 0 Å². The number of hydrogen-bond donors (Lipinski definition) is 0. The van der Waals surface area contributed by atoms with E-state index in [4.69, 9.17) is 4.52 Å². The molecule has 0 spiro atoms. The van der Waals surface area contributed by atoms with Gasteiger partial charge in [-0.1, -0.05) is 10.1 Å². The van der Waals surface area contributed by atoms with Gasteiger partial charge in [0.1, 0.15) is 24.6 Å². The summed E-state index contributed by atoms with van der Waals surface area (Å²) in [4.78, 5) is 17.8. The molecule has 0 atom stereocenters. The van der Waals surface area contributed by atoms with Crippen molar-refractivity contribution in [3.05, 3.63) is 58.9 Å². The first-order valence-corrected chi connectivity index (χ1v) is 5.75. The van der Waals surface area contributed by atoms with Gasteiger partial charge < -0.3 is 14.6 Å². The molecule has 3 aromatic heterocycles. The van der Waals surface area contributed by atoms with E-state index < -0.39 is 4.92 Å². The lowest BCUT2D eigenvalue weighted by atomic mass is 10.2. The van der Waals surface area contributed by atoms with Crippen LogP contribution in [0, 0.1) is 10.1 Å². The second-order valence-electron chi connectivity index (χ2n) is 4.03. The summed E-state index contributed by atoms with van der Waals surface area (Å²) in [6.07, 6.45) is 6.21. The number of imidazole rings is 1. The second kappa shape index (κ2) is 4.92. The van der Waals surface area contributed by atoms with Crippen molar-refractivity contribution < 1.29 is 9.45 Å². The largest absolute Gasteiger partial charge is 0.434 e. The van der Waals surface area contributed by atoms with E-state index in [2.05, 4.69) is 15.1 Å². The smallest absolute Gasteiger partial charge is 0.390 e. The lowest BCUT2D eigenvalue weighted by Gasteiger charge is -1.97. The summed E-state index contributed by atoms with van der Waals surface area (Å²) in [5, 5.41) is 14.7. The van der Waals surface area contributed by atoms with E-state index in [1.54, 1.807) is 30.6 Å². The van der Waals surface area contributed by atoms with E-state index in [-0.39, 0.29) is 12.5 Å². The molecule has 20 heavy (non-hydrogen) atoms. The number of nitrogens with zero attached hydrogens (tertiary/aromatic N) is 5. The van der Waals surface area contributed by atoms with Gasteiger partial charge in [-0.15, -0.1) is 0 Å². The van der Waals surface area contributed by atoms with Crippen LogP contribution in [0.15, 0.2) is 47.5 Å². The maximum Gasteiger partial charge on any atom is 0.434 e. The molecule has 0 aliphatic carbocycles. The van der Waals surface area contributed by atoms with Crippen molar-refractivity contribution in [1.82, 2.24) is 19.7 Å². The Morgan fingerprint density at radius 1 is 1.30 bits per heavy atom. The van der Waals surface area contributed by atoms with Gasteiger partial charge in [0.2, 0.25) is 0 Å². The summed E-state index contributed by atoms with van der Waals surface area (Å²) in [7, 11) is 0. The maximum atomic E-state index is 10.8. The van der Waals surface area contributed by atoms with Crippen molar-refractivity contribution in [2.45, 2.75) is 6.54 Å². The summed E-state index contributed by atoms with van der Waals surface area (Å²) < 4.78 is 6.57. The van der Waals surface area contributed by atoms with E-state index in [0.717, 1.165) is 5.56 Å². The summed E-state index contributed by atoms with van der Waals surface area (Å²) in [6.45, 7) is 0.203. The molecule has 0 amide bonds. The van der Waals surface area contributed by atoms with Gasteiger partial charge in [0, 0.05) is 24.0 Å². The average Bonchev–Trinajstić information content (AvgIpc) is 3.09. The molecule has 8 nitrogen and oxygen atoms in total. The van der Waals surface area contributed by atoms with Crippen LogP contribution in [0.25, 0.3) is 11.3 Å². The Labute approximate surface area is 112 Å². The molecule has 100 valence electrons. The van der Waals surface area contributed by atoms with Crippen LogP contribution in [-0.4, -0.2) is 24.6 Å². The van der Waals surface area contributed by atoms with E-state index in [9.17, 15) is 10.1 Å². The SMILES string of the molecule is O=[N+]([O-])c1nccn1Cc1cc(-c2ccncc2)no1. The van der Waals surface area contributed by atoms with Crippen molar-refractivity contribution in [1.29, 1.82) is 0 Å². The molecule has 3 rings (SSSR count). The van der Waals surface area contributed by atoms with E-state index >= 15 is 0 Å². The highest BCUT2D eigenvalue weighted by atomic mass is 16.6. The minimum atomic E-state index is -0.542. The average molecular weight is 271 g/mol. The number of aromatic nitrogens is 4. The normalized spacial score (nSPS) is 10.6. The van der Waals surface area contributed by atoms with Crippen LogP contribution in [0.1, 0.15) is 5.76 Å². The molecule has 0 aliphatic rings. The summed E-state index contributed by atoms with van der Waals surface area (Å²) in [5.41, 5.74) is 1.53. The van der Waals surface area contributed by atoms with Gasteiger partial charge in [-0.2, -0.15) is 0 Å². The van der Waals surface area contributed by atoms with E-state index in [1.165, 1.54) is 17.0 Å². The highest BCUT2D eigenvalue weighted by Crippen LogP contribution is 2.19. The van der Waals surface area contributed by atoms with E-state index in [1.807, 2.05) is 0 Å². The van der Waals surface area contributed by atoms with Gasteiger partial charge in [0.15, 0.2) is 5.76 Å². The molecule has 0 fully saturated rings. The van der Waals surface area contributed by atoms with Crippen LogP contribution in [0.3, 0.4) is 0 Å². The third-order valence-corrected chi connectivity index (χ3v) is 2.72. The fraction of sp³-hybridized carbons (Fsp3) is 0.0833. The maximum absolute atomic E-state index is 10.8. The molecular weight excluding hydrogens is 262 g/mol. The predicted octanol–water partition coefficient (Wildman–Crippen LogP) is 1.89. The van der Waals surface area contributed by atoms with Gasteiger partial charge in [0.05, 0.1) is 0 Å². The molecule has 0 radical (unpaired) electrons. The van der Waals surface area contributed by atoms with Crippen LogP contribution in [-0.2, 0) is 6.54 Å². The van der Waals surface area contributed by atoms with Gasteiger partial charge in [-0.3, -0.25) is 4.98 Å². The van der Waals surface area contributed by atoms with Crippen molar-refractivity contribution >= 4 is 5.95 Å². The Bertz CT molecular complexity index is 734. The Kier molecular flexibility index (Phi) is 2.96. The number of pyridine rings is 1. The van der Waals surface area contributed by atoms with Gasteiger partial charge in [0.25, 0.3) is 0 Å². The topological polar surface area (TPSA) is 99.9 Å². The van der Waals surface area contributed by atoms with Crippen LogP contribution < -0.4 is 0 Å². The Morgan fingerprint density at radius 3 is 2.85 bits per heavy atom. The van der Waals surface area contributed by atoms with Gasteiger partial charge in [-0.05, 0) is 17.1 Å². The van der Waals surface area contributed by atoms with Crippen molar-refractivity contribution in [2.75, 3.05) is 0 Å². The molecule has 3 heterocycles. The Morgan fingerprint density at radius 2 is 2.10 bits per heavy atom. The molecule has 0 saturated carbocycles. The van der Waals surface area contributed by atoms with Gasteiger partial charge >= 0.3 is 5.95 Å². The highest BCUT2D eigenvalue weighted by Gasteiger charge is 2.16. The third kappa shape index (κ3) is 2.26. The minimum absolute atomic E-state index is 0.203. The van der Waals surface area contributed by atoms with Crippen molar-refractivity contribution in [3.63, 3.8) is 0 Å². The predicted molar refractivity (Wildman–Crippen MR) is 67.7 cm³/mol. The monoisotopic (exact) mass is 271 g/mol. The fourth-order valence-electron chi connectivity index (χ4n) is 1.81. The quantitative estimate of drug-likeness (QED) is 0.530. The Balaban J connectivity index is 1.84. The zero-order valence-electron chi connectivity index (χ0n) is 10.2. The first kappa shape index (κ1) is 12.0. The molecule has 8 heteroatoms. The van der Waals surface area contributed by atoms with E-state index in [0.29, 0.717) is 11.5 Å². The first-order valence-electron chi connectivity index (χ1n) is 5.75. The zero-order chi connectivity index (χ0) is 13.9. The second-order valence-corrected chi connectivity index (χ2v) is 4.03. The van der Waals surface area contributed by atoms with Crippen LogP contribution in [0.2, 0.25) is 0 Å². The zero-order valence-corrected chi connectivity index (χ0v) is 10.2. The summed E-state index contributed by atoms with van der Waals surface area (Å²) in [6, 6.07) is 5.35. The standard InChI is InChI=1S/C12H9N5O3/c18-17(19)12-14-5-6-16(12)8-10-7-11(15-20-10)9-1-3-13-4-2-9/h1-7H,8H2. The molecule has 0 unspecified atom stereocenters. The van der Waals surface area contributed by atoms with Crippen molar-refractivity contribution in [2.24, 2.45) is 0 Å². The van der Waals surface area contributed by atoms with Crippen LogP contribution in [0.4, 0.5) is 5.95 Å². The van der Waals surface area contributed by atoms with Crippen molar-refractivity contribution in [3.8, 4) is 11.3 Å². The first-order chi connectivity index (χ1) is 9.74. The lowest BCUT2D eigenvalue weighted by molar-refractivity contribution is -0.396. The van der Waals surface area contributed by atoms with Gasteiger partial charge in [-0.25, -0.2) is 4.57 Å². The molecule has 0 aromatic carbocycles. The van der Waals surface area contributed by atoms with Crippen LogP contribution in [0.5, 0.6) is 0 Å². The summed E-state index contributed by atoms with van der Waals surface area (Å²) >= 11 is 0. The summed E-state index contributed by atoms with van der Waals surface area (Å²) in [5.74, 6) is 0.282. The molecule has 3 aromatic rings.